The van der Waals surface area contributed by atoms with E-state index in [2.05, 4.69) is 27.6 Å². The molecule has 0 N–H and O–H groups in total. The summed E-state index contributed by atoms with van der Waals surface area (Å²) in [6.07, 6.45) is 21.0. The highest BCUT2D eigenvalue weighted by atomic mass is 79.9. The summed E-state index contributed by atoms with van der Waals surface area (Å²) in [4.78, 5) is 11.4. The Balaban J connectivity index is 0. The van der Waals surface area contributed by atoms with Gasteiger partial charge in [0.15, 0.2) is 0 Å². The summed E-state index contributed by atoms with van der Waals surface area (Å²) >= 11 is 0. The molecule has 0 radical (unpaired) electrons. The Bertz CT molecular complexity index is 396. The molecule has 0 amide bonds. The molecule has 0 atom stereocenters. The van der Waals surface area contributed by atoms with Crippen LogP contribution in [-0.2, 0) is 9.53 Å². The number of nitrogens with zero attached hydrogens (tertiary/aromatic N) is 1. The second-order valence-corrected chi connectivity index (χ2v) is 9.25. The highest BCUT2D eigenvalue weighted by Gasteiger charge is 2.15. The van der Waals surface area contributed by atoms with E-state index >= 15 is 0 Å². The Morgan fingerprint density at radius 2 is 1.10 bits per heavy atom. The number of esters is 1. The Morgan fingerprint density at radius 3 is 1.48 bits per heavy atom. The number of hydrogen-bond donors (Lipinski definition) is 0. The predicted molar refractivity (Wildman–Crippen MR) is 123 cm³/mol. The summed E-state index contributed by atoms with van der Waals surface area (Å²) in [6, 6.07) is 0. The van der Waals surface area contributed by atoms with Crippen molar-refractivity contribution in [2.45, 2.75) is 110 Å². The quantitative estimate of drug-likeness (QED) is 0.115. The molecule has 0 bridgehead atoms. The summed E-state index contributed by atoms with van der Waals surface area (Å²) in [5.41, 5.74) is 0.479. The fourth-order valence-corrected chi connectivity index (χ4v) is 3.53. The molecule has 0 fully saturated rings. The van der Waals surface area contributed by atoms with Gasteiger partial charge in [-0.1, -0.05) is 97.0 Å². The zero-order chi connectivity index (χ0) is 21.1. The van der Waals surface area contributed by atoms with Gasteiger partial charge in [0.05, 0.1) is 20.6 Å². The number of halogens is 1. The third-order valence-electron chi connectivity index (χ3n) is 5.65. The van der Waals surface area contributed by atoms with E-state index in [9.17, 15) is 4.79 Å². The molecule has 0 saturated carbocycles. The molecule has 0 aliphatic heterocycles. The molecule has 0 saturated heterocycles. The van der Waals surface area contributed by atoms with Crippen molar-refractivity contribution in [2.75, 3.05) is 33.8 Å². The largest absolute Gasteiger partial charge is 1.00 e. The number of ether oxygens (including phenoxy) is 1. The van der Waals surface area contributed by atoms with Crippen molar-refractivity contribution < 1.29 is 31.0 Å². The van der Waals surface area contributed by atoms with Crippen LogP contribution in [0.15, 0.2) is 12.2 Å². The third kappa shape index (κ3) is 22.2. The van der Waals surface area contributed by atoms with Crippen molar-refractivity contribution in [2.24, 2.45) is 0 Å². The summed E-state index contributed by atoms with van der Waals surface area (Å²) in [5.74, 6) is -0.271. The van der Waals surface area contributed by atoms with Gasteiger partial charge in [0.1, 0.15) is 13.2 Å². The first-order chi connectivity index (χ1) is 13.4. The predicted octanol–water partition coefficient (Wildman–Crippen LogP) is 4.06. The van der Waals surface area contributed by atoms with Crippen molar-refractivity contribution in [3.63, 3.8) is 0 Å². The molecule has 0 aliphatic carbocycles. The van der Waals surface area contributed by atoms with Gasteiger partial charge in [-0.05, 0) is 19.8 Å². The van der Waals surface area contributed by atoms with E-state index < -0.39 is 0 Å². The minimum absolute atomic E-state index is 0. The lowest BCUT2D eigenvalue weighted by molar-refractivity contribution is -0.890. The van der Waals surface area contributed by atoms with Gasteiger partial charge in [-0.3, -0.25) is 0 Å². The van der Waals surface area contributed by atoms with E-state index in [0.29, 0.717) is 12.2 Å². The van der Waals surface area contributed by atoms with Gasteiger partial charge in [-0.25, -0.2) is 4.79 Å². The molecule has 0 aromatic heterocycles. The van der Waals surface area contributed by atoms with Crippen molar-refractivity contribution in [3.8, 4) is 0 Å². The van der Waals surface area contributed by atoms with Crippen molar-refractivity contribution in [1.82, 2.24) is 0 Å². The van der Waals surface area contributed by atoms with Crippen LogP contribution in [0.4, 0.5) is 0 Å². The number of hydrogen-bond acceptors (Lipinski definition) is 2. The molecular weight excluding hydrogens is 426 g/mol. The molecule has 0 aromatic carbocycles. The maximum atomic E-state index is 11.4. The lowest BCUT2D eigenvalue weighted by Gasteiger charge is -2.29. The SMILES string of the molecule is C=C(C)C(=O)OCC[N+](C)(C)CCCCCCCCCCCCCCCCC.[Br-]. The summed E-state index contributed by atoms with van der Waals surface area (Å²) in [6.45, 7) is 10.1. The first kappa shape index (κ1) is 30.8. The second kappa shape index (κ2) is 20.9. The molecule has 0 unspecified atom stereocenters. The number of carbonyl (C=O) groups excluding carboxylic acids is 1. The number of rotatable bonds is 20. The average Bonchev–Trinajstić information content (AvgIpc) is 2.64. The van der Waals surface area contributed by atoms with E-state index in [1.54, 1.807) is 6.92 Å². The van der Waals surface area contributed by atoms with Gasteiger partial charge in [0, 0.05) is 5.57 Å². The first-order valence-electron chi connectivity index (χ1n) is 12.0. The van der Waals surface area contributed by atoms with E-state index in [1.807, 2.05) is 0 Å². The van der Waals surface area contributed by atoms with Crippen LogP contribution in [0.5, 0.6) is 0 Å². The van der Waals surface area contributed by atoms with Crippen LogP contribution in [0.2, 0.25) is 0 Å². The number of unbranched alkanes of at least 4 members (excludes halogenated alkanes) is 14. The van der Waals surface area contributed by atoms with Gasteiger partial charge in [-0.15, -0.1) is 0 Å². The molecular formula is C25H50BrNO2. The lowest BCUT2D eigenvalue weighted by Crippen LogP contribution is -3.00. The highest BCUT2D eigenvalue weighted by Crippen LogP contribution is 2.13. The molecule has 0 aliphatic rings. The minimum atomic E-state index is -0.271. The monoisotopic (exact) mass is 475 g/mol. The molecule has 4 heteroatoms. The van der Waals surface area contributed by atoms with Gasteiger partial charge in [-0.2, -0.15) is 0 Å². The van der Waals surface area contributed by atoms with Crippen molar-refractivity contribution in [3.05, 3.63) is 12.2 Å². The van der Waals surface area contributed by atoms with Gasteiger partial charge < -0.3 is 26.2 Å². The highest BCUT2D eigenvalue weighted by molar-refractivity contribution is 5.86. The summed E-state index contributed by atoms with van der Waals surface area (Å²) in [7, 11) is 4.44. The Morgan fingerprint density at radius 1 is 0.724 bits per heavy atom. The minimum Gasteiger partial charge on any atom is -1.00 e. The van der Waals surface area contributed by atoms with Crippen LogP contribution in [0.1, 0.15) is 110 Å². The average molecular weight is 477 g/mol. The number of quaternary nitrogens is 1. The first-order valence-corrected chi connectivity index (χ1v) is 12.0. The van der Waals surface area contributed by atoms with Crippen molar-refractivity contribution >= 4 is 5.97 Å². The third-order valence-corrected chi connectivity index (χ3v) is 5.65. The van der Waals surface area contributed by atoms with Crippen molar-refractivity contribution in [1.29, 1.82) is 0 Å². The Labute approximate surface area is 193 Å². The maximum absolute atomic E-state index is 11.4. The van der Waals surface area contributed by atoms with Crippen LogP contribution < -0.4 is 17.0 Å². The Kier molecular flexibility index (Phi) is 22.2. The standard InChI is InChI=1S/C25H50NO2.BrH/c1-6-7-8-9-10-11-12-13-14-15-16-17-18-19-20-21-26(4,5)22-23-28-25(27)24(2)3;/h2,6-23H2,1,3-5H3;1H/q+1;/p-1. The normalized spacial score (nSPS) is 11.2. The van der Waals surface area contributed by atoms with E-state index in [0.717, 1.165) is 17.6 Å². The maximum Gasteiger partial charge on any atom is 0.333 e. The van der Waals surface area contributed by atoms with Gasteiger partial charge >= 0.3 is 5.97 Å². The van der Waals surface area contributed by atoms with Gasteiger partial charge in [0.25, 0.3) is 0 Å². The smallest absolute Gasteiger partial charge is 0.333 e. The molecule has 0 aromatic rings. The zero-order valence-electron chi connectivity index (χ0n) is 20.1. The van der Waals surface area contributed by atoms with Crippen LogP contribution >= 0.6 is 0 Å². The lowest BCUT2D eigenvalue weighted by atomic mass is 10.0. The van der Waals surface area contributed by atoms with Gasteiger partial charge in [0.2, 0.25) is 0 Å². The van der Waals surface area contributed by atoms with E-state index in [4.69, 9.17) is 4.74 Å². The fraction of sp³-hybridized carbons (Fsp3) is 0.880. The second-order valence-electron chi connectivity index (χ2n) is 9.25. The summed E-state index contributed by atoms with van der Waals surface area (Å²) < 4.78 is 6.13. The van der Waals surface area contributed by atoms with E-state index in [1.165, 1.54) is 96.3 Å². The molecule has 0 heterocycles. The molecule has 0 rings (SSSR count). The molecule has 174 valence electrons. The molecule has 0 spiro atoms. The number of carbonyl (C=O) groups is 1. The van der Waals surface area contributed by atoms with E-state index in [-0.39, 0.29) is 23.0 Å². The fourth-order valence-electron chi connectivity index (χ4n) is 3.53. The van der Waals surface area contributed by atoms with Crippen LogP contribution in [0.3, 0.4) is 0 Å². The van der Waals surface area contributed by atoms with Crippen LogP contribution in [0, 0.1) is 0 Å². The topological polar surface area (TPSA) is 26.3 Å². The molecule has 3 nitrogen and oxygen atoms in total. The van der Waals surface area contributed by atoms with Crippen LogP contribution in [-0.4, -0.2) is 44.2 Å². The number of likely N-dealkylation sites (N-methyl/N-ethyl adjacent to an activating group) is 1. The van der Waals surface area contributed by atoms with Crippen LogP contribution in [0.25, 0.3) is 0 Å². The summed E-state index contributed by atoms with van der Waals surface area (Å²) in [5, 5.41) is 0. The molecule has 29 heavy (non-hydrogen) atoms. The Hall–Kier alpha value is -0.350. The zero-order valence-corrected chi connectivity index (χ0v) is 21.7.